The highest BCUT2D eigenvalue weighted by Crippen LogP contribution is 2.21. The second kappa shape index (κ2) is 4.71. The summed E-state index contributed by atoms with van der Waals surface area (Å²) in [5.41, 5.74) is 1.49. The third-order valence-electron chi connectivity index (χ3n) is 2.54. The van der Waals surface area contributed by atoms with E-state index in [1.54, 1.807) is 17.1 Å². The molecule has 2 rings (SSSR count). The third kappa shape index (κ3) is 2.24. The number of hydrogen-bond acceptors (Lipinski definition) is 3. The van der Waals surface area contributed by atoms with Crippen molar-refractivity contribution in [2.24, 2.45) is 0 Å². The van der Waals surface area contributed by atoms with Gasteiger partial charge < -0.3 is 4.98 Å². The Kier molecular flexibility index (Phi) is 3.28. The molecule has 90 valence electrons. The first-order chi connectivity index (χ1) is 8.13. The van der Waals surface area contributed by atoms with E-state index in [0.717, 1.165) is 11.4 Å². The Morgan fingerprint density at radius 3 is 2.94 bits per heavy atom. The number of carbonyl (C=O) groups is 1. The van der Waals surface area contributed by atoms with Crippen molar-refractivity contribution in [1.29, 1.82) is 0 Å². The van der Waals surface area contributed by atoms with Gasteiger partial charge in [-0.3, -0.25) is 9.48 Å². The maximum atomic E-state index is 11.9. The van der Waals surface area contributed by atoms with Crippen molar-refractivity contribution in [1.82, 2.24) is 19.7 Å². The summed E-state index contributed by atoms with van der Waals surface area (Å²) in [7, 11) is 0. The maximum Gasteiger partial charge on any atom is 0.204 e. The molecule has 2 aromatic heterocycles. The quantitative estimate of drug-likeness (QED) is 0.847. The van der Waals surface area contributed by atoms with Crippen molar-refractivity contribution in [2.45, 2.75) is 26.8 Å². The Labute approximate surface area is 104 Å². The zero-order valence-electron chi connectivity index (χ0n) is 9.70. The number of aromatic nitrogens is 4. The molecule has 2 aromatic rings. The number of nitrogens with zero attached hydrogens (tertiary/aromatic N) is 3. The van der Waals surface area contributed by atoms with Gasteiger partial charge in [0.15, 0.2) is 5.82 Å². The molecule has 0 spiro atoms. The lowest BCUT2D eigenvalue weighted by Gasteiger charge is -2.03. The Hall–Kier alpha value is -1.62. The average Bonchev–Trinajstić information content (AvgIpc) is 2.92. The zero-order chi connectivity index (χ0) is 12.4. The van der Waals surface area contributed by atoms with Crippen LogP contribution < -0.4 is 0 Å². The minimum Gasteiger partial charge on any atom is -0.342 e. The molecule has 0 fully saturated rings. The lowest BCUT2D eigenvalue weighted by Crippen LogP contribution is -2.11. The Bertz CT molecular complexity index is 530. The van der Waals surface area contributed by atoms with Crippen LogP contribution in [0.4, 0.5) is 0 Å². The van der Waals surface area contributed by atoms with E-state index in [-0.39, 0.29) is 12.2 Å². The molecule has 0 aliphatic carbocycles. The average molecular weight is 253 g/mol. The van der Waals surface area contributed by atoms with Crippen LogP contribution in [0.15, 0.2) is 12.4 Å². The van der Waals surface area contributed by atoms with Crippen molar-refractivity contribution in [3.05, 3.63) is 34.6 Å². The van der Waals surface area contributed by atoms with Crippen molar-refractivity contribution in [2.75, 3.05) is 0 Å². The molecule has 0 aliphatic rings. The van der Waals surface area contributed by atoms with Crippen LogP contribution in [0.1, 0.15) is 28.9 Å². The number of aromatic amines is 1. The van der Waals surface area contributed by atoms with Crippen LogP contribution in [0.25, 0.3) is 0 Å². The van der Waals surface area contributed by atoms with Crippen molar-refractivity contribution in [3.63, 3.8) is 0 Å². The summed E-state index contributed by atoms with van der Waals surface area (Å²) in [5, 5.41) is 4.83. The van der Waals surface area contributed by atoms with Gasteiger partial charge in [-0.05, 0) is 13.8 Å². The zero-order valence-corrected chi connectivity index (χ0v) is 10.5. The second-order valence-corrected chi connectivity index (χ2v) is 4.08. The predicted molar refractivity (Wildman–Crippen MR) is 64.3 cm³/mol. The van der Waals surface area contributed by atoms with E-state index >= 15 is 0 Å². The van der Waals surface area contributed by atoms with Gasteiger partial charge in [-0.15, -0.1) is 0 Å². The largest absolute Gasteiger partial charge is 0.342 e. The molecule has 0 bridgehead atoms. The van der Waals surface area contributed by atoms with Gasteiger partial charge in [-0.1, -0.05) is 11.6 Å². The van der Waals surface area contributed by atoms with E-state index in [1.807, 2.05) is 13.8 Å². The number of aryl methyl sites for hydroxylation is 2. The Morgan fingerprint density at radius 2 is 2.35 bits per heavy atom. The summed E-state index contributed by atoms with van der Waals surface area (Å²) in [5.74, 6) is 0.258. The fourth-order valence-corrected chi connectivity index (χ4v) is 1.89. The summed E-state index contributed by atoms with van der Waals surface area (Å²) < 4.78 is 1.75. The number of carbonyl (C=O) groups excluding carboxylic acids is 1. The highest BCUT2D eigenvalue weighted by atomic mass is 35.5. The topological polar surface area (TPSA) is 63.6 Å². The number of hydrogen-bond donors (Lipinski definition) is 1. The minimum atomic E-state index is -0.0912. The fraction of sp³-hybridized carbons (Fsp3) is 0.364. The number of nitrogens with one attached hydrogen (secondary N) is 1. The molecule has 0 unspecified atom stereocenters. The predicted octanol–water partition coefficient (Wildman–Crippen LogP) is 2.01. The molecular formula is C11H13ClN4O. The molecule has 0 aromatic carbocycles. The number of imidazole rings is 1. The number of rotatable bonds is 4. The van der Waals surface area contributed by atoms with Gasteiger partial charge in [0.2, 0.25) is 5.78 Å². The smallest absolute Gasteiger partial charge is 0.204 e. The van der Waals surface area contributed by atoms with Gasteiger partial charge in [0.25, 0.3) is 0 Å². The number of halogens is 1. The molecule has 17 heavy (non-hydrogen) atoms. The molecule has 0 atom stereocenters. The highest BCUT2D eigenvalue weighted by Gasteiger charge is 2.17. The van der Waals surface area contributed by atoms with Crippen LogP contribution in [-0.2, 0) is 13.0 Å². The van der Waals surface area contributed by atoms with Gasteiger partial charge in [-0.2, -0.15) is 5.10 Å². The summed E-state index contributed by atoms with van der Waals surface area (Å²) >= 11 is 6.13. The van der Waals surface area contributed by atoms with Gasteiger partial charge in [0.1, 0.15) is 0 Å². The molecule has 2 heterocycles. The summed E-state index contributed by atoms with van der Waals surface area (Å²) in [6.45, 7) is 4.48. The molecule has 0 saturated carbocycles. The van der Waals surface area contributed by atoms with E-state index in [2.05, 4.69) is 15.1 Å². The van der Waals surface area contributed by atoms with E-state index in [9.17, 15) is 4.79 Å². The van der Waals surface area contributed by atoms with E-state index in [1.165, 1.54) is 0 Å². The molecule has 5 nitrogen and oxygen atoms in total. The van der Waals surface area contributed by atoms with Gasteiger partial charge in [-0.25, -0.2) is 4.98 Å². The SMILES string of the molecule is CCn1nc(C)c(Cl)c1CC(=O)c1ncc[nH]1. The minimum absolute atomic E-state index is 0.0912. The van der Waals surface area contributed by atoms with Crippen molar-refractivity contribution < 1.29 is 4.79 Å². The Morgan fingerprint density at radius 1 is 1.59 bits per heavy atom. The third-order valence-corrected chi connectivity index (χ3v) is 3.03. The molecule has 0 saturated heterocycles. The number of ketones is 1. The van der Waals surface area contributed by atoms with Crippen LogP contribution in [0.2, 0.25) is 5.02 Å². The van der Waals surface area contributed by atoms with E-state index in [0.29, 0.717) is 17.4 Å². The molecule has 0 aliphatic heterocycles. The monoisotopic (exact) mass is 252 g/mol. The van der Waals surface area contributed by atoms with Gasteiger partial charge in [0.05, 0.1) is 22.8 Å². The summed E-state index contributed by atoms with van der Waals surface area (Å²) in [6.07, 6.45) is 3.38. The van der Waals surface area contributed by atoms with Crippen LogP contribution >= 0.6 is 11.6 Å². The van der Waals surface area contributed by atoms with Crippen LogP contribution in [0.3, 0.4) is 0 Å². The van der Waals surface area contributed by atoms with Crippen LogP contribution in [-0.4, -0.2) is 25.5 Å². The first kappa shape index (κ1) is 11.9. The number of Topliss-reactive ketones (excluding diaryl/α,β-unsaturated/α-hetero) is 1. The molecule has 0 amide bonds. The lowest BCUT2D eigenvalue weighted by atomic mass is 10.2. The first-order valence-corrected chi connectivity index (χ1v) is 5.75. The summed E-state index contributed by atoms with van der Waals surface area (Å²) in [6, 6.07) is 0. The fourth-order valence-electron chi connectivity index (χ4n) is 1.69. The van der Waals surface area contributed by atoms with Crippen LogP contribution in [0.5, 0.6) is 0 Å². The molecular weight excluding hydrogens is 240 g/mol. The molecule has 1 N–H and O–H groups in total. The van der Waals surface area contributed by atoms with Crippen LogP contribution in [0, 0.1) is 6.92 Å². The maximum absolute atomic E-state index is 11.9. The lowest BCUT2D eigenvalue weighted by molar-refractivity contribution is 0.0981. The van der Waals surface area contributed by atoms with E-state index < -0.39 is 0 Å². The van der Waals surface area contributed by atoms with Crippen molar-refractivity contribution in [3.8, 4) is 0 Å². The second-order valence-electron chi connectivity index (χ2n) is 3.70. The van der Waals surface area contributed by atoms with E-state index in [4.69, 9.17) is 11.6 Å². The first-order valence-electron chi connectivity index (χ1n) is 5.37. The molecule has 0 radical (unpaired) electrons. The Balaban J connectivity index is 2.27. The van der Waals surface area contributed by atoms with Gasteiger partial charge in [0, 0.05) is 18.9 Å². The van der Waals surface area contributed by atoms with Gasteiger partial charge >= 0.3 is 0 Å². The van der Waals surface area contributed by atoms with Crippen molar-refractivity contribution >= 4 is 17.4 Å². The highest BCUT2D eigenvalue weighted by molar-refractivity contribution is 6.32. The normalized spacial score (nSPS) is 10.8. The number of H-pyrrole nitrogens is 1. The standard InChI is InChI=1S/C11H13ClN4O/c1-3-16-8(10(12)7(2)15-16)6-9(17)11-13-4-5-14-11/h4-5H,3,6H2,1-2H3,(H,13,14). The molecule has 6 heteroatoms. The summed E-state index contributed by atoms with van der Waals surface area (Å²) in [4.78, 5) is 18.6.